The van der Waals surface area contributed by atoms with Crippen LogP contribution in [0.3, 0.4) is 0 Å². The number of rotatable bonds is 2. The van der Waals surface area contributed by atoms with Crippen LogP contribution in [0.4, 0.5) is 10.1 Å². The summed E-state index contributed by atoms with van der Waals surface area (Å²) in [5, 5.41) is 3.13. The molecule has 2 rings (SSSR count). The normalized spacial score (nSPS) is 10.3. The minimum absolute atomic E-state index is 0.271. The molecule has 2 nitrogen and oxygen atoms in total. The van der Waals surface area contributed by atoms with E-state index in [1.54, 1.807) is 25.1 Å². The van der Waals surface area contributed by atoms with E-state index in [4.69, 9.17) is 11.6 Å². The van der Waals surface area contributed by atoms with Gasteiger partial charge in [0.05, 0.1) is 10.7 Å². The average Bonchev–Trinajstić information content (AvgIpc) is 2.32. The molecule has 0 heterocycles. The number of benzene rings is 2. The second kappa shape index (κ2) is 5.88. The number of hydrogen-bond donors (Lipinski definition) is 1. The third-order valence-electron chi connectivity index (χ3n) is 2.48. The van der Waals surface area contributed by atoms with Crippen molar-refractivity contribution < 1.29 is 9.18 Å². The van der Waals surface area contributed by atoms with Crippen molar-refractivity contribution in [3.63, 3.8) is 0 Å². The van der Waals surface area contributed by atoms with Gasteiger partial charge in [0.15, 0.2) is 0 Å². The summed E-state index contributed by atoms with van der Waals surface area (Å²) in [6.45, 7) is 1.73. The largest absolute Gasteiger partial charge is 0.321 e. The lowest BCUT2D eigenvalue weighted by Gasteiger charge is -2.08. The van der Waals surface area contributed by atoms with Gasteiger partial charge in [0.25, 0.3) is 5.91 Å². The first-order valence-corrected chi connectivity index (χ1v) is 6.95. The van der Waals surface area contributed by atoms with E-state index in [9.17, 15) is 9.18 Å². The van der Waals surface area contributed by atoms with Crippen LogP contribution in [0.1, 0.15) is 15.9 Å². The Hall–Kier alpha value is -1.14. The Balaban J connectivity index is 2.28. The molecule has 0 aliphatic carbocycles. The van der Waals surface area contributed by atoms with Crippen molar-refractivity contribution in [1.29, 1.82) is 0 Å². The van der Waals surface area contributed by atoms with Gasteiger partial charge in [-0.1, -0.05) is 11.6 Å². The maximum absolute atomic E-state index is 13.3. The zero-order valence-electron chi connectivity index (χ0n) is 10.0. The molecule has 2 aromatic rings. The summed E-state index contributed by atoms with van der Waals surface area (Å²) in [7, 11) is 0. The van der Waals surface area contributed by atoms with Gasteiger partial charge in [-0.05, 0) is 71.5 Å². The molecule has 19 heavy (non-hydrogen) atoms. The number of nitrogens with one attached hydrogen (secondary N) is 1. The second-order valence-electron chi connectivity index (χ2n) is 4.10. The Labute approximate surface area is 129 Å². The SMILES string of the molecule is Cc1cc(F)cc(C(=O)Nc2cc(I)ccc2Cl)c1. The first-order valence-electron chi connectivity index (χ1n) is 5.49. The van der Waals surface area contributed by atoms with Gasteiger partial charge in [0, 0.05) is 9.13 Å². The highest BCUT2D eigenvalue weighted by Gasteiger charge is 2.10. The van der Waals surface area contributed by atoms with Crippen molar-refractivity contribution in [2.75, 3.05) is 5.32 Å². The summed E-state index contributed by atoms with van der Waals surface area (Å²) in [6, 6.07) is 9.49. The topological polar surface area (TPSA) is 29.1 Å². The van der Waals surface area contributed by atoms with Crippen LogP contribution in [0.5, 0.6) is 0 Å². The molecule has 0 radical (unpaired) electrons. The van der Waals surface area contributed by atoms with Crippen LogP contribution in [0.25, 0.3) is 0 Å². The van der Waals surface area contributed by atoms with Crippen LogP contribution in [0.2, 0.25) is 5.02 Å². The molecule has 0 atom stereocenters. The van der Waals surface area contributed by atoms with E-state index in [-0.39, 0.29) is 11.5 Å². The van der Waals surface area contributed by atoms with E-state index >= 15 is 0 Å². The summed E-state index contributed by atoms with van der Waals surface area (Å²) in [6.07, 6.45) is 0. The van der Waals surface area contributed by atoms with Crippen molar-refractivity contribution in [2.24, 2.45) is 0 Å². The highest BCUT2D eigenvalue weighted by atomic mass is 127. The van der Waals surface area contributed by atoms with E-state index < -0.39 is 5.82 Å². The molecule has 0 unspecified atom stereocenters. The van der Waals surface area contributed by atoms with Gasteiger partial charge in [-0.15, -0.1) is 0 Å². The van der Waals surface area contributed by atoms with Gasteiger partial charge >= 0.3 is 0 Å². The van der Waals surface area contributed by atoms with Crippen molar-refractivity contribution in [3.05, 3.63) is 61.9 Å². The number of amides is 1. The first-order chi connectivity index (χ1) is 8.95. The van der Waals surface area contributed by atoms with Crippen LogP contribution in [-0.2, 0) is 0 Å². The Morgan fingerprint density at radius 1 is 1.26 bits per heavy atom. The van der Waals surface area contributed by atoms with Crippen molar-refractivity contribution >= 4 is 45.8 Å². The molecule has 98 valence electrons. The van der Waals surface area contributed by atoms with E-state index in [0.29, 0.717) is 16.3 Å². The summed E-state index contributed by atoms with van der Waals surface area (Å²) >= 11 is 8.12. The van der Waals surface area contributed by atoms with E-state index in [1.807, 2.05) is 6.07 Å². The van der Waals surface area contributed by atoms with Crippen LogP contribution in [0, 0.1) is 16.3 Å². The Kier molecular flexibility index (Phi) is 4.42. The molecule has 1 N–H and O–H groups in total. The van der Waals surface area contributed by atoms with E-state index in [0.717, 1.165) is 3.57 Å². The number of aryl methyl sites for hydroxylation is 1. The molecule has 0 fully saturated rings. The van der Waals surface area contributed by atoms with E-state index in [1.165, 1.54) is 12.1 Å². The number of carbonyl (C=O) groups excluding carboxylic acids is 1. The minimum Gasteiger partial charge on any atom is -0.321 e. The molecule has 2 aromatic carbocycles. The summed E-state index contributed by atoms with van der Waals surface area (Å²) in [5.74, 6) is -0.814. The highest BCUT2D eigenvalue weighted by molar-refractivity contribution is 14.1. The van der Waals surface area contributed by atoms with Crippen LogP contribution < -0.4 is 5.32 Å². The standard InChI is InChI=1S/C14H10ClFINO/c1-8-4-9(6-10(16)5-8)14(19)18-13-7-11(17)2-3-12(13)15/h2-7H,1H3,(H,18,19). The quantitative estimate of drug-likeness (QED) is 0.745. The van der Waals surface area contributed by atoms with Gasteiger partial charge in [0.2, 0.25) is 0 Å². The maximum atomic E-state index is 13.3. The molecule has 1 amide bonds. The molecule has 0 aromatic heterocycles. The fourth-order valence-electron chi connectivity index (χ4n) is 1.66. The zero-order valence-corrected chi connectivity index (χ0v) is 12.9. The molecule has 5 heteroatoms. The van der Waals surface area contributed by atoms with Crippen molar-refractivity contribution in [2.45, 2.75) is 6.92 Å². The molecular formula is C14H10ClFINO. The van der Waals surface area contributed by atoms with Gasteiger partial charge in [0.1, 0.15) is 5.82 Å². The highest BCUT2D eigenvalue weighted by Crippen LogP contribution is 2.24. The van der Waals surface area contributed by atoms with Crippen molar-refractivity contribution in [3.8, 4) is 0 Å². The number of carbonyl (C=O) groups is 1. The fourth-order valence-corrected chi connectivity index (χ4v) is 2.31. The van der Waals surface area contributed by atoms with E-state index in [2.05, 4.69) is 27.9 Å². The minimum atomic E-state index is -0.432. The summed E-state index contributed by atoms with van der Waals surface area (Å²) in [4.78, 5) is 12.0. The Morgan fingerprint density at radius 2 is 2.00 bits per heavy atom. The lowest BCUT2D eigenvalue weighted by Crippen LogP contribution is -2.12. The van der Waals surface area contributed by atoms with Crippen molar-refractivity contribution in [1.82, 2.24) is 0 Å². The molecule has 0 bridgehead atoms. The number of hydrogen-bond acceptors (Lipinski definition) is 1. The smallest absolute Gasteiger partial charge is 0.255 e. The van der Waals surface area contributed by atoms with Crippen LogP contribution >= 0.6 is 34.2 Å². The molecule has 0 aliphatic heterocycles. The van der Waals surface area contributed by atoms with Crippen LogP contribution in [0.15, 0.2) is 36.4 Å². The fraction of sp³-hybridized carbons (Fsp3) is 0.0714. The number of anilines is 1. The first kappa shape index (κ1) is 14.3. The molecule has 0 saturated carbocycles. The Bertz CT molecular complexity index is 625. The predicted octanol–water partition coefficient (Wildman–Crippen LogP) is 4.64. The second-order valence-corrected chi connectivity index (χ2v) is 5.75. The lowest BCUT2D eigenvalue weighted by atomic mass is 10.1. The maximum Gasteiger partial charge on any atom is 0.255 e. The average molecular weight is 390 g/mol. The third kappa shape index (κ3) is 3.67. The van der Waals surface area contributed by atoms with Gasteiger partial charge < -0.3 is 5.32 Å². The zero-order chi connectivity index (χ0) is 14.0. The van der Waals surface area contributed by atoms with Crippen LogP contribution in [-0.4, -0.2) is 5.91 Å². The third-order valence-corrected chi connectivity index (χ3v) is 3.48. The number of halogens is 3. The van der Waals surface area contributed by atoms with Gasteiger partial charge in [-0.3, -0.25) is 4.79 Å². The Morgan fingerprint density at radius 3 is 2.68 bits per heavy atom. The summed E-state index contributed by atoms with van der Waals surface area (Å²) in [5.41, 5.74) is 1.48. The van der Waals surface area contributed by atoms with Gasteiger partial charge in [-0.25, -0.2) is 4.39 Å². The molecule has 0 saturated heterocycles. The molecule has 0 spiro atoms. The monoisotopic (exact) mass is 389 g/mol. The lowest BCUT2D eigenvalue weighted by molar-refractivity contribution is 0.102. The summed E-state index contributed by atoms with van der Waals surface area (Å²) < 4.78 is 14.2. The molecular weight excluding hydrogens is 380 g/mol. The van der Waals surface area contributed by atoms with Gasteiger partial charge in [-0.2, -0.15) is 0 Å². The predicted molar refractivity (Wildman–Crippen MR) is 83.3 cm³/mol. The molecule has 0 aliphatic rings.